The third-order valence-corrected chi connectivity index (χ3v) is 3.98. The van der Waals surface area contributed by atoms with Crippen LogP contribution in [0.5, 0.6) is 0 Å². The van der Waals surface area contributed by atoms with Crippen LogP contribution in [0.1, 0.15) is 24.7 Å². The second-order valence-electron chi connectivity index (χ2n) is 4.38. The monoisotopic (exact) mass is 279 g/mol. The van der Waals surface area contributed by atoms with E-state index in [-0.39, 0.29) is 5.82 Å². The van der Waals surface area contributed by atoms with Crippen LogP contribution in [0.4, 0.5) is 4.39 Å². The Kier molecular flexibility index (Phi) is 5.05. The van der Waals surface area contributed by atoms with Gasteiger partial charge in [0.15, 0.2) is 0 Å². The Hall–Kier alpha value is -1.26. The fraction of sp³-hybridized carbons (Fsp3) is 0.333. The Morgan fingerprint density at radius 1 is 1.26 bits per heavy atom. The van der Waals surface area contributed by atoms with Crippen LogP contribution < -0.4 is 5.32 Å². The molecular formula is C15H18FNOS. The minimum Gasteiger partial charge on any atom is -0.468 e. The van der Waals surface area contributed by atoms with Crippen LogP contribution in [0.2, 0.25) is 0 Å². The van der Waals surface area contributed by atoms with E-state index in [1.165, 1.54) is 11.8 Å². The van der Waals surface area contributed by atoms with Crippen molar-refractivity contribution in [3.05, 3.63) is 47.7 Å². The highest BCUT2D eigenvalue weighted by Crippen LogP contribution is 2.32. The average Bonchev–Trinajstić information content (AvgIpc) is 2.79. The third kappa shape index (κ3) is 3.85. The van der Waals surface area contributed by atoms with Crippen LogP contribution in [-0.2, 0) is 6.54 Å². The van der Waals surface area contributed by atoms with Gasteiger partial charge in [-0.2, -0.15) is 0 Å². The molecule has 102 valence electrons. The quantitative estimate of drug-likeness (QED) is 0.794. The van der Waals surface area contributed by atoms with Gasteiger partial charge < -0.3 is 9.73 Å². The van der Waals surface area contributed by atoms with Crippen LogP contribution in [0.15, 0.2) is 44.7 Å². The Morgan fingerprint density at radius 3 is 2.74 bits per heavy atom. The van der Waals surface area contributed by atoms with Gasteiger partial charge in [-0.3, -0.25) is 0 Å². The molecule has 0 radical (unpaired) electrons. The highest BCUT2D eigenvalue weighted by atomic mass is 32.2. The van der Waals surface area contributed by atoms with Gasteiger partial charge in [-0.25, -0.2) is 4.39 Å². The molecule has 19 heavy (non-hydrogen) atoms. The van der Waals surface area contributed by atoms with E-state index < -0.39 is 0 Å². The summed E-state index contributed by atoms with van der Waals surface area (Å²) in [6, 6.07) is 7.25. The summed E-state index contributed by atoms with van der Waals surface area (Å²) in [6.45, 7) is 5.65. The fourth-order valence-corrected chi connectivity index (χ4v) is 2.59. The lowest BCUT2D eigenvalue weighted by Crippen LogP contribution is -2.13. The first-order chi connectivity index (χ1) is 9.20. The lowest BCUT2D eigenvalue weighted by molar-refractivity contribution is 0.526. The molecule has 0 aliphatic rings. The van der Waals surface area contributed by atoms with E-state index in [4.69, 9.17) is 4.42 Å². The summed E-state index contributed by atoms with van der Waals surface area (Å²) < 4.78 is 19.2. The number of rotatable bonds is 6. The van der Waals surface area contributed by atoms with Crippen LogP contribution in [0, 0.1) is 12.7 Å². The SMILES string of the molecule is CCCNCc1ccc(Sc2ccoc2C)c(F)c1. The highest BCUT2D eigenvalue weighted by Gasteiger charge is 2.08. The van der Waals surface area contributed by atoms with E-state index in [9.17, 15) is 4.39 Å². The minimum atomic E-state index is -0.179. The highest BCUT2D eigenvalue weighted by molar-refractivity contribution is 7.99. The molecule has 0 bridgehead atoms. The van der Waals surface area contributed by atoms with E-state index in [1.807, 2.05) is 25.1 Å². The first-order valence-electron chi connectivity index (χ1n) is 6.41. The molecule has 1 heterocycles. The zero-order valence-corrected chi connectivity index (χ0v) is 12.0. The van der Waals surface area contributed by atoms with E-state index in [0.29, 0.717) is 11.4 Å². The second kappa shape index (κ2) is 6.78. The first kappa shape index (κ1) is 14.2. The number of aryl methyl sites for hydroxylation is 1. The normalized spacial score (nSPS) is 10.9. The van der Waals surface area contributed by atoms with Gasteiger partial charge in [-0.05, 0) is 43.7 Å². The van der Waals surface area contributed by atoms with Crippen molar-refractivity contribution < 1.29 is 8.81 Å². The molecule has 0 unspecified atom stereocenters. The molecule has 2 nitrogen and oxygen atoms in total. The van der Waals surface area contributed by atoms with Gasteiger partial charge in [0.1, 0.15) is 11.6 Å². The average molecular weight is 279 g/mol. The van der Waals surface area contributed by atoms with Gasteiger partial charge in [-0.15, -0.1) is 0 Å². The molecule has 4 heteroatoms. The zero-order chi connectivity index (χ0) is 13.7. The van der Waals surface area contributed by atoms with Gasteiger partial charge in [0.2, 0.25) is 0 Å². The Bertz CT molecular complexity index is 539. The maximum absolute atomic E-state index is 14.0. The Labute approximate surface area is 117 Å². The van der Waals surface area contributed by atoms with Gasteiger partial charge in [0.05, 0.1) is 11.2 Å². The molecule has 0 amide bonds. The lowest BCUT2D eigenvalue weighted by Gasteiger charge is -2.06. The van der Waals surface area contributed by atoms with Crippen molar-refractivity contribution in [2.24, 2.45) is 0 Å². The van der Waals surface area contributed by atoms with E-state index in [2.05, 4.69) is 12.2 Å². The number of furan rings is 1. The summed E-state index contributed by atoms with van der Waals surface area (Å²) in [7, 11) is 0. The zero-order valence-electron chi connectivity index (χ0n) is 11.2. The van der Waals surface area contributed by atoms with Crippen molar-refractivity contribution in [3.63, 3.8) is 0 Å². The molecule has 2 aromatic rings. The standard InChI is InChI=1S/C15H18FNOS/c1-3-7-17-10-12-4-5-15(13(16)9-12)19-14-6-8-18-11(14)2/h4-6,8-9,17H,3,7,10H2,1-2H3. The molecule has 0 spiro atoms. The van der Waals surface area contributed by atoms with Gasteiger partial charge in [0, 0.05) is 11.4 Å². The summed E-state index contributed by atoms with van der Waals surface area (Å²) in [5.74, 6) is 0.638. The molecule has 1 aromatic heterocycles. The first-order valence-corrected chi connectivity index (χ1v) is 7.23. The molecule has 2 rings (SSSR count). The number of halogens is 1. The van der Waals surface area contributed by atoms with E-state index in [0.717, 1.165) is 29.2 Å². The number of hydrogen-bond donors (Lipinski definition) is 1. The van der Waals surface area contributed by atoms with Crippen molar-refractivity contribution in [1.29, 1.82) is 0 Å². The Balaban J connectivity index is 2.05. The largest absolute Gasteiger partial charge is 0.468 e. The smallest absolute Gasteiger partial charge is 0.137 e. The Morgan fingerprint density at radius 2 is 2.11 bits per heavy atom. The van der Waals surface area contributed by atoms with Gasteiger partial charge in [0.25, 0.3) is 0 Å². The van der Waals surface area contributed by atoms with Crippen LogP contribution in [0.25, 0.3) is 0 Å². The molecule has 0 aliphatic heterocycles. The van der Waals surface area contributed by atoms with E-state index in [1.54, 1.807) is 12.3 Å². The molecule has 0 saturated carbocycles. The predicted octanol–water partition coefficient (Wildman–Crippen LogP) is 4.38. The van der Waals surface area contributed by atoms with E-state index >= 15 is 0 Å². The van der Waals surface area contributed by atoms with Crippen LogP contribution in [0.3, 0.4) is 0 Å². The summed E-state index contributed by atoms with van der Waals surface area (Å²) in [5, 5.41) is 3.26. The van der Waals surface area contributed by atoms with Crippen LogP contribution >= 0.6 is 11.8 Å². The summed E-state index contributed by atoms with van der Waals surface area (Å²) in [6.07, 6.45) is 2.70. The van der Waals surface area contributed by atoms with Gasteiger partial charge >= 0.3 is 0 Å². The molecule has 0 fully saturated rings. The van der Waals surface area contributed by atoms with Crippen molar-refractivity contribution >= 4 is 11.8 Å². The molecule has 0 atom stereocenters. The van der Waals surface area contributed by atoms with Crippen molar-refractivity contribution in [1.82, 2.24) is 5.32 Å². The molecular weight excluding hydrogens is 261 g/mol. The number of hydrogen-bond acceptors (Lipinski definition) is 3. The van der Waals surface area contributed by atoms with Crippen molar-refractivity contribution in [3.8, 4) is 0 Å². The third-order valence-electron chi connectivity index (χ3n) is 2.78. The van der Waals surface area contributed by atoms with Crippen molar-refractivity contribution in [2.75, 3.05) is 6.54 Å². The van der Waals surface area contributed by atoms with Gasteiger partial charge in [-0.1, -0.05) is 24.8 Å². The summed E-state index contributed by atoms with van der Waals surface area (Å²) in [4.78, 5) is 1.58. The summed E-state index contributed by atoms with van der Waals surface area (Å²) >= 11 is 1.40. The fourth-order valence-electron chi connectivity index (χ4n) is 1.74. The predicted molar refractivity (Wildman–Crippen MR) is 76.0 cm³/mol. The molecule has 1 N–H and O–H groups in total. The second-order valence-corrected chi connectivity index (χ2v) is 5.47. The number of nitrogens with one attached hydrogen (secondary N) is 1. The molecule has 0 saturated heterocycles. The molecule has 1 aromatic carbocycles. The lowest BCUT2D eigenvalue weighted by atomic mass is 10.2. The maximum Gasteiger partial charge on any atom is 0.137 e. The summed E-state index contributed by atoms with van der Waals surface area (Å²) in [5.41, 5.74) is 0.971. The molecule has 0 aliphatic carbocycles. The van der Waals surface area contributed by atoms with Crippen LogP contribution in [-0.4, -0.2) is 6.54 Å². The minimum absolute atomic E-state index is 0.179. The maximum atomic E-state index is 14.0. The topological polar surface area (TPSA) is 25.2 Å². The van der Waals surface area contributed by atoms with Crippen molar-refractivity contribution in [2.45, 2.75) is 36.6 Å². The number of benzene rings is 1.